The van der Waals surface area contributed by atoms with Crippen molar-refractivity contribution < 1.29 is 30.6 Å². The van der Waals surface area contributed by atoms with E-state index in [1.807, 2.05) is 0 Å². The van der Waals surface area contributed by atoms with Crippen molar-refractivity contribution in [3.8, 4) is 0 Å². The zero-order chi connectivity index (χ0) is 10.5. The Morgan fingerprint density at radius 1 is 1.00 bits per heavy atom. The molecule has 1 aliphatic carbocycles. The maximum Gasteiger partial charge on any atom is 0.280 e. The fraction of sp³-hybridized carbons (Fsp3) is 0.833. The fourth-order valence-electron chi connectivity index (χ4n) is 1.14. The molecule has 0 amide bonds. The Kier molecular flexibility index (Phi) is 2.00. The lowest BCUT2D eigenvalue weighted by molar-refractivity contribution is -0.439. The van der Waals surface area contributed by atoms with Gasteiger partial charge in [0.1, 0.15) is 0 Å². The Labute approximate surface area is 73.0 Å². The molecule has 0 radical (unpaired) electrons. The molecule has 1 rings (SSSR count). The third-order valence-electron chi connectivity index (χ3n) is 2.19. The van der Waals surface area contributed by atoms with E-state index in [4.69, 9.17) is 36.0 Å². The number of hydrogen-bond donors (Lipinski definition) is 7. The van der Waals surface area contributed by atoms with E-state index in [9.17, 15) is 0 Å². The molecule has 0 aromatic heterocycles. The Balaban J connectivity index is 3.14. The van der Waals surface area contributed by atoms with Gasteiger partial charge in [-0.15, -0.1) is 0 Å². The molecule has 0 spiro atoms. The van der Waals surface area contributed by atoms with E-state index in [0.717, 1.165) is 0 Å². The van der Waals surface area contributed by atoms with Crippen LogP contribution in [0.15, 0.2) is 0 Å². The van der Waals surface area contributed by atoms with Crippen molar-refractivity contribution in [3.05, 3.63) is 0 Å². The maximum atomic E-state index is 9.02. The van der Waals surface area contributed by atoms with Gasteiger partial charge in [-0.2, -0.15) is 0 Å². The summed E-state index contributed by atoms with van der Waals surface area (Å²) >= 11 is 0. The number of aliphatic hydroxyl groups is 6. The smallest absolute Gasteiger partial charge is 0.280 e. The Hall–Kier alpha value is -0.570. The van der Waals surface area contributed by atoms with Crippen LogP contribution in [0, 0.1) is 5.41 Å². The minimum absolute atomic E-state index is 0.344. The molecular weight excluding hydrogens is 182 g/mol. The molecule has 0 heterocycles. The molecular formula is C6H11NO6. The number of rotatable bonds is 0. The van der Waals surface area contributed by atoms with Crippen LogP contribution < -0.4 is 0 Å². The van der Waals surface area contributed by atoms with Crippen LogP contribution in [0.5, 0.6) is 0 Å². The lowest BCUT2D eigenvalue weighted by Gasteiger charge is -2.46. The van der Waals surface area contributed by atoms with Crippen molar-refractivity contribution >= 4 is 5.71 Å². The average Bonchev–Trinajstić information content (AvgIpc) is 1.97. The van der Waals surface area contributed by atoms with Gasteiger partial charge in [0.25, 0.3) is 11.6 Å². The first-order valence-corrected chi connectivity index (χ1v) is 3.55. The molecule has 0 bridgehead atoms. The predicted molar refractivity (Wildman–Crippen MR) is 38.5 cm³/mol. The second-order valence-electron chi connectivity index (χ2n) is 3.14. The summed E-state index contributed by atoms with van der Waals surface area (Å²) in [4.78, 5) is 0. The minimum Gasteiger partial charge on any atom is -0.361 e. The molecule has 7 N–H and O–H groups in total. The number of nitrogens with one attached hydrogen (secondary N) is 1. The monoisotopic (exact) mass is 193 g/mol. The average molecular weight is 193 g/mol. The maximum absolute atomic E-state index is 9.02. The predicted octanol–water partition coefficient (Wildman–Crippen LogP) is -3.16. The van der Waals surface area contributed by atoms with Gasteiger partial charge in [-0.1, -0.05) is 0 Å². The summed E-state index contributed by atoms with van der Waals surface area (Å²) in [6.45, 7) is 0. The SMILES string of the molecule is N=C1CCC(O)(O)C(O)(O)C1(O)O. The van der Waals surface area contributed by atoms with Crippen molar-refractivity contribution in [2.24, 2.45) is 0 Å². The summed E-state index contributed by atoms with van der Waals surface area (Å²) in [6, 6.07) is 0. The summed E-state index contributed by atoms with van der Waals surface area (Å²) in [6.07, 6.45) is -0.898. The third kappa shape index (κ3) is 1.17. The van der Waals surface area contributed by atoms with Gasteiger partial charge in [-0.25, -0.2) is 0 Å². The van der Waals surface area contributed by atoms with Gasteiger partial charge >= 0.3 is 0 Å². The molecule has 1 aliphatic rings. The molecule has 7 heteroatoms. The van der Waals surface area contributed by atoms with Crippen molar-refractivity contribution in [1.29, 1.82) is 5.41 Å². The topological polar surface area (TPSA) is 145 Å². The Bertz CT molecular complexity index is 246. The standard InChI is InChI=1S/C6H11NO6/c7-3-1-2-4(8,9)6(12,13)5(3,10)11/h7-13H,1-2H2. The molecule has 1 fully saturated rings. The van der Waals surface area contributed by atoms with Crippen LogP contribution in [0.4, 0.5) is 0 Å². The van der Waals surface area contributed by atoms with Gasteiger partial charge in [0.15, 0.2) is 0 Å². The van der Waals surface area contributed by atoms with Crippen molar-refractivity contribution in [2.45, 2.75) is 30.2 Å². The second kappa shape index (κ2) is 2.47. The van der Waals surface area contributed by atoms with Gasteiger partial charge in [0.2, 0.25) is 5.79 Å². The van der Waals surface area contributed by atoms with E-state index >= 15 is 0 Å². The van der Waals surface area contributed by atoms with E-state index < -0.39 is 29.5 Å². The summed E-state index contributed by atoms with van der Waals surface area (Å²) < 4.78 is 0. The zero-order valence-electron chi connectivity index (χ0n) is 6.60. The second-order valence-corrected chi connectivity index (χ2v) is 3.14. The van der Waals surface area contributed by atoms with E-state index in [2.05, 4.69) is 0 Å². The van der Waals surface area contributed by atoms with Crippen LogP contribution in [0.25, 0.3) is 0 Å². The molecule has 0 aliphatic heterocycles. The third-order valence-corrected chi connectivity index (χ3v) is 2.19. The van der Waals surface area contributed by atoms with E-state index in [0.29, 0.717) is 0 Å². The lowest BCUT2D eigenvalue weighted by atomic mass is 9.81. The highest BCUT2D eigenvalue weighted by atomic mass is 16.7. The van der Waals surface area contributed by atoms with Crippen LogP contribution in [-0.4, -0.2) is 53.7 Å². The van der Waals surface area contributed by atoms with E-state index in [1.165, 1.54) is 0 Å². The summed E-state index contributed by atoms with van der Waals surface area (Å²) in [7, 11) is 0. The first-order valence-electron chi connectivity index (χ1n) is 3.55. The summed E-state index contributed by atoms with van der Waals surface area (Å²) in [5.74, 6) is -9.94. The molecule has 7 nitrogen and oxygen atoms in total. The normalized spacial score (nSPS) is 30.2. The quantitative estimate of drug-likeness (QED) is 0.202. The molecule has 1 saturated carbocycles. The highest BCUT2D eigenvalue weighted by molar-refractivity contribution is 5.90. The Morgan fingerprint density at radius 3 is 1.85 bits per heavy atom. The first kappa shape index (κ1) is 10.5. The largest absolute Gasteiger partial charge is 0.361 e. The zero-order valence-corrected chi connectivity index (χ0v) is 6.60. The van der Waals surface area contributed by atoms with Crippen LogP contribution in [0.2, 0.25) is 0 Å². The Morgan fingerprint density at radius 2 is 1.46 bits per heavy atom. The van der Waals surface area contributed by atoms with Crippen LogP contribution in [0.1, 0.15) is 12.8 Å². The number of hydrogen-bond acceptors (Lipinski definition) is 7. The fourth-order valence-corrected chi connectivity index (χ4v) is 1.14. The van der Waals surface area contributed by atoms with Gasteiger partial charge in [0.05, 0.1) is 5.71 Å². The van der Waals surface area contributed by atoms with Crippen molar-refractivity contribution in [1.82, 2.24) is 0 Å². The lowest BCUT2D eigenvalue weighted by Crippen LogP contribution is -2.73. The summed E-state index contributed by atoms with van der Waals surface area (Å²) in [5.41, 5.74) is -0.781. The van der Waals surface area contributed by atoms with E-state index in [-0.39, 0.29) is 6.42 Å². The van der Waals surface area contributed by atoms with Crippen LogP contribution in [-0.2, 0) is 0 Å². The van der Waals surface area contributed by atoms with Crippen molar-refractivity contribution in [3.63, 3.8) is 0 Å². The molecule has 13 heavy (non-hydrogen) atoms. The molecule has 76 valence electrons. The molecule has 0 unspecified atom stereocenters. The molecule has 0 atom stereocenters. The first-order chi connectivity index (χ1) is 5.63. The molecule has 0 aromatic rings. The van der Waals surface area contributed by atoms with Gasteiger partial charge in [-0.05, 0) is 6.42 Å². The summed E-state index contributed by atoms with van der Waals surface area (Å²) in [5, 5.41) is 61.0. The molecule has 0 aromatic carbocycles. The van der Waals surface area contributed by atoms with Gasteiger partial charge < -0.3 is 36.0 Å². The van der Waals surface area contributed by atoms with Gasteiger partial charge in [0, 0.05) is 6.42 Å². The highest BCUT2D eigenvalue weighted by Crippen LogP contribution is 2.37. The van der Waals surface area contributed by atoms with Crippen LogP contribution >= 0.6 is 0 Å². The van der Waals surface area contributed by atoms with Gasteiger partial charge in [-0.3, -0.25) is 0 Å². The minimum atomic E-state index is -3.56. The molecule has 0 saturated heterocycles. The van der Waals surface area contributed by atoms with E-state index in [1.54, 1.807) is 0 Å². The van der Waals surface area contributed by atoms with Crippen molar-refractivity contribution in [2.75, 3.05) is 0 Å². The van der Waals surface area contributed by atoms with Crippen LogP contribution in [0.3, 0.4) is 0 Å². The highest BCUT2D eigenvalue weighted by Gasteiger charge is 2.66.